The lowest BCUT2D eigenvalue weighted by atomic mass is 10.1. The van der Waals surface area contributed by atoms with E-state index < -0.39 is 6.10 Å². The lowest BCUT2D eigenvalue weighted by Gasteiger charge is -2.20. The van der Waals surface area contributed by atoms with Gasteiger partial charge in [0.25, 0.3) is 0 Å². The van der Waals surface area contributed by atoms with Crippen LogP contribution in [0.15, 0.2) is 28.9 Å². The smallest absolute Gasteiger partial charge is 0.148 e. The fraction of sp³-hybridized carbons (Fsp3) is 0.412. The van der Waals surface area contributed by atoms with Crippen LogP contribution in [0.4, 0.5) is 5.82 Å². The third-order valence-electron chi connectivity index (χ3n) is 4.51. The number of aliphatic hydroxyl groups excluding tert-OH is 1. The molecule has 1 aromatic heterocycles. The molecule has 1 fully saturated rings. The van der Waals surface area contributed by atoms with Gasteiger partial charge in [-0.15, -0.1) is 0 Å². The SMILES string of the molecule is Cc1nc(Br)c(C2CC2)nc1NC1c2ccccc2CC1O. The quantitative estimate of drug-likeness (QED) is 0.880. The van der Waals surface area contributed by atoms with Gasteiger partial charge in [-0.1, -0.05) is 24.3 Å². The van der Waals surface area contributed by atoms with Crippen molar-refractivity contribution in [2.24, 2.45) is 0 Å². The van der Waals surface area contributed by atoms with Gasteiger partial charge in [0.15, 0.2) is 0 Å². The second-order valence-electron chi connectivity index (χ2n) is 6.20. The minimum absolute atomic E-state index is 0.113. The number of hydrogen-bond donors (Lipinski definition) is 2. The summed E-state index contributed by atoms with van der Waals surface area (Å²) in [5.41, 5.74) is 4.26. The van der Waals surface area contributed by atoms with Crippen molar-refractivity contribution in [3.63, 3.8) is 0 Å². The molecule has 114 valence electrons. The van der Waals surface area contributed by atoms with Crippen LogP contribution in [0.2, 0.25) is 0 Å². The lowest BCUT2D eigenvalue weighted by molar-refractivity contribution is 0.165. The second kappa shape index (κ2) is 5.32. The van der Waals surface area contributed by atoms with Crippen LogP contribution in [-0.4, -0.2) is 21.2 Å². The number of anilines is 1. The molecule has 2 unspecified atom stereocenters. The van der Waals surface area contributed by atoms with Gasteiger partial charge in [-0.25, -0.2) is 9.97 Å². The summed E-state index contributed by atoms with van der Waals surface area (Å²) < 4.78 is 0.852. The molecule has 1 aromatic carbocycles. The van der Waals surface area contributed by atoms with Gasteiger partial charge in [0, 0.05) is 12.3 Å². The average Bonchev–Trinajstić information content (AvgIpc) is 3.27. The highest BCUT2D eigenvalue weighted by Crippen LogP contribution is 2.43. The highest BCUT2D eigenvalue weighted by atomic mass is 79.9. The predicted molar refractivity (Wildman–Crippen MR) is 89.0 cm³/mol. The summed E-state index contributed by atoms with van der Waals surface area (Å²) in [6, 6.07) is 8.07. The Labute approximate surface area is 138 Å². The minimum atomic E-state index is -0.424. The van der Waals surface area contributed by atoms with Gasteiger partial charge in [0.05, 0.1) is 23.5 Å². The maximum Gasteiger partial charge on any atom is 0.148 e. The van der Waals surface area contributed by atoms with E-state index >= 15 is 0 Å². The van der Waals surface area contributed by atoms with Gasteiger partial charge in [0.2, 0.25) is 0 Å². The zero-order valence-corrected chi connectivity index (χ0v) is 14.0. The fourth-order valence-corrected chi connectivity index (χ4v) is 3.83. The molecule has 5 heteroatoms. The van der Waals surface area contributed by atoms with Gasteiger partial charge < -0.3 is 10.4 Å². The first-order valence-electron chi connectivity index (χ1n) is 7.70. The first-order chi connectivity index (χ1) is 10.6. The molecule has 2 atom stereocenters. The molecule has 1 heterocycles. The number of halogens is 1. The van der Waals surface area contributed by atoms with E-state index in [0.717, 1.165) is 27.4 Å². The minimum Gasteiger partial charge on any atom is -0.390 e. The van der Waals surface area contributed by atoms with Crippen molar-refractivity contribution in [2.45, 2.75) is 44.2 Å². The van der Waals surface area contributed by atoms with E-state index in [2.05, 4.69) is 38.4 Å². The van der Waals surface area contributed by atoms with Crippen molar-refractivity contribution in [3.8, 4) is 0 Å². The Hall–Kier alpha value is -1.46. The van der Waals surface area contributed by atoms with Crippen LogP contribution in [0.1, 0.15) is 47.3 Å². The summed E-state index contributed by atoms with van der Waals surface area (Å²) in [4.78, 5) is 9.34. The molecule has 0 aliphatic heterocycles. The zero-order chi connectivity index (χ0) is 15.3. The average molecular weight is 360 g/mol. The van der Waals surface area contributed by atoms with E-state index in [1.54, 1.807) is 0 Å². The second-order valence-corrected chi connectivity index (χ2v) is 6.95. The molecule has 22 heavy (non-hydrogen) atoms. The monoisotopic (exact) mass is 359 g/mol. The van der Waals surface area contributed by atoms with Crippen molar-refractivity contribution < 1.29 is 5.11 Å². The Kier molecular flexibility index (Phi) is 3.42. The number of fused-ring (bicyclic) bond motifs is 1. The molecule has 1 saturated carbocycles. The van der Waals surface area contributed by atoms with Crippen molar-refractivity contribution in [3.05, 3.63) is 51.4 Å². The molecule has 0 spiro atoms. The third-order valence-corrected chi connectivity index (χ3v) is 5.10. The number of rotatable bonds is 3. The van der Waals surface area contributed by atoms with Crippen molar-refractivity contribution in [1.82, 2.24) is 9.97 Å². The van der Waals surface area contributed by atoms with Gasteiger partial charge >= 0.3 is 0 Å². The summed E-state index contributed by atoms with van der Waals surface area (Å²) in [6.45, 7) is 1.95. The highest BCUT2D eigenvalue weighted by molar-refractivity contribution is 9.10. The van der Waals surface area contributed by atoms with Crippen LogP contribution < -0.4 is 5.32 Å². The molecule has 0 bridgehead atoms. The van der Waals surface area contributed by atoms with E-state index in [-0.39, 0.29) is 6.04 Å². The lowest BCUT2D eigenvalue weighted by Crippen LogP contribution is -2.22. The summed E-state index contributed by atoms with van der Waals surface area (Å²) in [6.07, 6.45) is 2.63. The molecular formula is C17H18BrN3O. The maximum atomic E-state index is 10.4. The first-order valence-corrected chi connectivity index (χ1v) is 8.49. The summed E-state index contributed by atoms with van der Waals surface area (Å²) in [5, 5.41) is 13.8. The van der Waals surface area contributed by atoms with E-state index in [1.165, 1.54) is 18.4 Å². The van der Waals surface area contributed by atoms with Crippen molar-refractivity contribution in [2.75, 3.05) is 5.32 Å². The van der Waals surface area contributed by atoms with E-state index in [4.69, 9.17) is 4.98 Å². The molecular weight excluding hydrogens is 342 g/mol. The Bertz CT molecular complexity index is 730. The number of nitrogens with one attached hydrogen (secondary N) is 1. The van der Waals surface area contributed by atoms with Gasteiger partial charge in [0.1, 0.15) is 10.4 Å². The van der Waals surface area contributed by atoms with Crippen LogP contribution in [0, 0.1) is 6.92 Å². The number of benzene rings is 1. The van der Waals surface area contributed by atoms with Gasteiger partial charge in [-0.2, -0.15) is 0 Å². The number of nitrogens with zero attached hydrogens (tertiary/aromatic N) is 2. The van der Waals surface area contributed by atoms with Crippen LogP contribution >= 0.6 is 15.9 Å². The summed E-state index contributed by atoms with van der Waals surface area (Å²) in [7, 11) is 0. The molecule has 0 radical (unpaired) electrons. The number of hydrogen-bond acceptors (Lipinski definition) is 4. The Morgan fingerprint density at radius 2 is 2.00 bits per heavy atom. The Morgan fingerprint density at radius 1 is 1.23 bits per heavy atom. The van der Waals surface area contributed by atoms with Crippen LogP contribution in [0.25, 0.3) is 0 Å². The van der Waals surface area contributed by atoms with E-state index in [9.17, 15) is 5.11 Å². The third kappa shape index (κ3) is 2.42. The fourth-order valence-electron chi connectivity index (χ4n) is 3.15. The molecule has 4 nitrogen and oxygen atoms in total. The van der Waals surface area contributed by atoms with Crippen LogP contribution in [-0.2, 0) is 6.42 Å². The highest BCUT2D eigenvalue weighted by Gasteiger charge is 2.33. The zero-order valence-electron chi connectivity index (χ0n) is 12.4. The molecule has 0 saturated heterocycles. The summed E-state index contributed by atoms with van der Waals surface area (Å²) in [5.74, 6) is 1.31. The topological polar surface area (TPSA) is 58.0 Å². The molecule has 0 amide bonds. The standard InChI is InChI=1S/C17H18BrN3O/c1-9-17(20-14(10-6-7-10)16(18)19-9)21-15-12-5-3-2-4-11(12)8-13(15)22/h2-5,10,13,15,22H,6-8H2,1H3,(H,20,21). The van der Waals surface area contributed by atoms with Gasteiger partial charge in [-0.3, -0.25) is 0 Å². The molecule has 2 aliphatic rings. The predicted octanol–water partition coefficient (Wildman–Crippen LogP) is 3.50. The number of aliphatic hydroxyl groups is 1. The normalized spacial score (nSPS) is 23.4. The first kappa shape index (κ1) is 14.2. The van der Waals surface area contributed by atoms with Gasteiger partial charge in [-0.05, 0) is 46.8 Å². The van der Waals surface area contributed by atoms with E-state index in [0.29, 0.717) is 12.3 Å². The number of aryl methyl sites for hydroxylation is 1. The maximum absolute atomic E-state index is 10.4. The Balaban J connectivity index is 1.67. The largest absolute Gasteiger partial charge is 0.390 e. The van der Waals surface area contributed by atoms with E-state index in [1.807, 2.05) is 19.1 Å². The summed E-state index contributed by atoms with van der Waals surface area (Å²) >= 11 is 3.52. The molecule has 4 rings (SSSR count). The molecule has 2 N–H and O–H groups in total. The van der Waals surface area contributed by atoms with Crippen molar-refractivity contribution in [1.29, 1.82) is 0 Å². The molecule has 2 aliphatic carbocycles. The van der Waals surface area contributed by atoms with Crippen LogP contribution in [0.5, 0.6) is 0 Å². The van der Waals surface area contributed by atoms with Crippen molar-refractivity contribution >= 4 is 21.7 Å². The number of aromatic nitrogens is 2. The van der Waals surface area contributed by atoms with Crippen LogP contribution in [0.3, 0.4) is 0 Å². The molecule has 2 aromatic rings. The Morgan fingerprint density at radius 3 is 2.77 bits per heavy atom.